The lowest BCUT2D eigenvalue weighted by Gasteiger charge is -2.59. The van der Waals surface area contributed by atoms with Gasteiger partial charge in [-0.1, -0.05) is 0 Å². The molecule has 5 atom stereocenters. The molecule has 5 saturated heterocycles. The lowest BCUT2D eigenvalue weighted by Crippen LogP contribution is -2.79. The molecule has 0 N–H and O–H groups in total. The van der Waals surface area contributed by atoms with Crippen LogP contribution >= 0.6 is 0 Å². The van der Waals surface area contributed by atoms with Crippen LogP contribution in [0, 0.1) is 0 Å². The molecule has 0 amide bonds. The van der Waals surface area contributed by atoms with Gasteiger partial charge in [-0.05, 0) is 64.2 Å². The van der Waals surface area contributed by atoms with Crippen molar-refractivity contribution < 1.29 is 33.2 Å². The fourth-order valence-electron chi connectivity index (χ4n) is 7.12. The number of carbonyl (C=O) groups excluding carboxylic acids is 1. The molecule has 7 nitrogen and oxygen atoms in total. The largest absolute Gasteiger partial charge is 0.467 e. The van der Waals surface area contributed by atoms with Crippen LogP contribution in [0.4, 0.5) is 0 Å². The average Bonchev–Trinajstić information content (AvgIpc) is 3.58. The monoisotopic (exact) mass is 410 g/mol. The Kier molecular flexibility index (Phi) is 5.18. The summed E-state index contributed by atoms with van der Waals surface area (Å²) in [5.41, 5.74) is -3.46. The summed E-state index contributed by atoms with van der Waals surface area (Å²) in [5, 5.41) is 0. The van der Waals surface area contributed by atoms with E-state index in [1.54, 1.807) is 0 Å². The molecule has 164 valence electrons. The normalized spacial score (nSPS) is 47.8. The molecule has 0 aromatic carbocycles. The predicted molar refractivity (Wildman–Crippen MR) is 103 cm³/mol. The molecule has 0 aromatic rings. The number of esters is 1. The Morgan fingerprint density at radius 3 is 1.93 bits per heavy atom. The first-order valence-corrected chi connectivity index (χ1v) is 11.4. The molecule has 7 heteroatoms. The smallest absolute Gasteiger partial charge is 0.341 e. The molecule has 29 heavy (non-hydrogen) atoms. The topological polar surface area (TPSA) is 72.5 Å². The van der Waals surface area contributed by atoms with Gasteiger partial charge >= 0.3 is 5.97 Å². The van der Waals surface area contributed by atoms with Gasteiger partial charge < -0.3 is 28.4 Å². The van der Waals surface area contributed by atoms with Crippen LogP contribution in [0.15, 0.2) is 0 Å². The van der Waals surface area contributed by atoms with Crippen molar-refractivity contribution in [2.24, 2.45) is 0 Å². The van der Waals surface area contributed by atoms with E-state index in [4.69, 9.17) is 28.4 Å². The van der Waals surface area contributed by atoms with Gasteiger partial charge in [-0.2, -0.15) is 0 Å². The average molecular weight is 411 g/mol. The molecule has 5 heterocycles. The molecular weight excluding hydrogens is 376 g/mol. The predicted octanol–water partition coefficient (Wildman–Crippen LogP) is 2.54. The molecule has 0 saturated carbocycles. The Balaban J connectivity index is 1.69. The Morgan fingerprint density at radius 1 is 0.759 bits per heavy atom. The molecule has 0 bridgehead atoms. The summed E-state index contributed by atoms with van der Waals surface area (Å²) in [7, 11) is 1.44. The van der Waals surface area contributed by atoms with Crippen LogP contribution < -0.4 is 0 Å². The maximum absolute atomic E-state index is 13.3. The van der Waals surface area contributed by atoms with E-state index in [2.05, 4.69) is 0 Å². The Bertz CT molecular complexity index is 603. The van der Waals surface area contributed by atoms with Crippen LogP contribution in [-0.2, 0) is 33.2 Å². The second-order valence-corrected chi connectivity index (χ2v) is 9.17. The van der Waals surface area contributed by atoms with Crippen molar-refractivity contribution in [2.45, 2.75) is 92.7 Å². The van der Waals surface area contributed by atoms with Gasteiger partial charge in [0.2, 0.25) is 0 Å². The summed E-state index contributed by atoms with van der Waals surface area (Å²) in [5.74, 6) is -0.340. The highest BCUT2D eigenvalue weighted by Crippen LogP contribution is 2.62. The first-order valence-electron chi connectivity index (χ1n) is 11.4. The number of carbonyl (C=O) groups is 1. The van der Waals surface area contributed by atoms with Gasteiger partial charge in [-0.25, -0.2) is 4.79 Å². The summed E-state index contributed by atoms with van der Waals surface area (Å²) >= 11 is 0. The van der Waals surface area contributed by atoms with Crippen LogP contribution in [0.5, 0.6) is 0 Å². The van der Waals surface area contributed by atoms with Gasteiger partial charge in [0.25, 0.3) is 0 Å². The maximum Gasteiger partial charge on any atom is 0.341 e. The summed E-state index contributed by atoms with van der Waals surface area (Å²) in [6, 6.07) is 0. The minimum atomic E-state index is -1.15. The zero-order valence-corrected chi connectivity index (χ0v) is 17.5. The van der Waals surface area contributed by atoms with Crippen molar-refractivity contribution in [1.82, 2.24) is 0 Å². The number of rotatable bonds is 5. The minimum Gasteiger partial charge on any atom is -0.467 e. The third-order valence-corrected chi connectivity index (χ3v) is 8.07. The fraction of sp³-hybridized carbons (Fsp3) is 0.955. The van der Waals surface area contributed by atoms with Crippen LogP contribution in [0.1, 0.15) is 64.2 Å². The van der Waals surface area contributed by atoms with E-state index in [9.17, 15) is 4.79 Å². The zero-order chi connectivity index (χ0) is 20.0. The molecule has 5 aliphatic rings. The summed E-state index contributed by atoms with van der Waals surface area (Å²) < 4.78 is 37.9. The lowest BCUT2D eigenvalue weighted by atomic mass is 9.58. The number of hydrogen-bond donors (Lipinski definition) is 0. The van der Waals surface area contributed by atoms with Gasteiger partial charge in [-0.15, -0.1) is 0 Å². The van der Waals surface area contributed by atoms with Crippen LogP contribution in [0.25, 0.3) is 0 Å². The van der Waals surface area contributed by atoms with E-state index < -0.39 is 22.4 Å². The van der Waals surface area contributed by atoms with Gasteiger partial charge in [0.15, 0.2) is 5.60 Å². The van der Waals surface area contributed by atoms with Crippen molar-refractivity contribution in [3.05, 3.63) is 0 Å². The number of ether oxygens (including phenoxy) is 6. The van der Waals surface area contributed by atoms with Crippen LogP contribution in [-0.4, -0.2) is 74.6 Å². The van der Waals surface area contributed by atoms with Gasteiger partial charge in [0.05, 0.1) is 13.2 Å². The molecule has 0 spiro atoms. The molecule has 0 unspecified atom stereocenters. The van der Waals surface area contributed by atoms with Crippen molar-refractivity contribution in [1.29, 1.82) is 0 Å². The van der Waals surface area contributed by atoms with Crippen molar-refractivity contribution >= 4 is 5.97 Å². The van der Waals surface area contributed by atoms with E-state index in [0.717, 1.165) is 58.0 Å². The molecular formula is C22H34O7. The Hall–Kier alpha value is -0.730. The van der Waals surface area contributed by atoms with E-state index in [1.807, 2.05) is 0 Å². The standard InChI is InChI=1S/C22H34O7/c1-24-18(23)20(9-4-14-27-20)22(11-6-16-29-22)21(10-5-15-28-21)19(8-3-13-26-19)17-7-2-12-25-17/h17H,2-16H2,1H3/t17-,19-,20+,21+,22-/m1/s1. The van der Waals surface area contributed by atoms with Crippen molar-refractivity contribution in [2.75, 3.05) is 40.1 Å². The molecule has 0 aromatic heterocycles. The summed E-state index contributed by atoms with van der Waals surface area (Å²) in [4.78, 5) is 13.3. The highest BCUT2D eigenvalue weighted by molar-refractivity contribution is 5.82. The molecule has 5 rings (SSSR count). The molecule has 0 aliphatic carbocycles. The van der Waals surface area contributed by atoms with Gasteiger partial charge in [0, 0.05) is 33.0 Å². The second kappa shape index (κ2) is 7.45. The molecule has 5 fully saturated rings. The SMILES string of the molecule is COC(=O)[C@]1([C@@]2([C@@]3([C@]4([C@H]5CCCO5)CCCO4)CCCO3)CCCO2)CCCO1. The maximum atomic E-state index is 13.3. The van der Waals surface area contributed by atoms with E-state index >= 15 is 0 Å². The van der Waals surface area contributed by atoms with Gasteiger partial charge in [-0.3, -0.25) is 0 Å². The summed E-state index contributed by atoms with van der Waals surface area (Å²) in [6.45, 7) is 3.20. The second-order valence-electron chi connectivity index (χ2n) is 9.17. The lowest BCUT2D eigenvalue weighted by molar-refractivity contribution is -0.319. The van der Waals surface area contributed by atoms with E-state index in [1.165, 1.54) is 7.11 Å². The quantitative estimate of drug-likeness (QED) is 0.645. The van der Waals surface area contributed by atoms with Crippen LogP contribution in [0.2, 0.25) is 0 Å². The van der Waals surface area contributed by atoms with Crippen molar-refractivity contribution in [3.8, 4) is 0 Å². The highest BCUT2D eigenvalue weighted by Gasteiger charge is 2.79. The minimum absolute atomic E-state index is 0.0414. The molecule has 0 radical (unpaired) electrons. The Labute approximate surface area is 172 Å². The first-order chi connectivity index (χ1) is 14.2. The fourth-order valence-corrected chi connectivity index (χ4v) is 7.12. The third-order valence-electron chi connectivity index (χ3n) is 8.07. The van der Waals surface area contributed by atoms with E-state index in [-0.39, 0.29) is 12.1 Å². The molecule has 5 aliphatic heterocycles. The highest BCUT2D eigenvalue weighted by atomic mass is 16.6. The van der Waals surface area contributed by atoms with Gasteiger partial charge in [0.1, 0.15) is 16.8 Å². The first kappa shape index (κ1) is 20.2. The number of hydrogen-bond acceptors (Lipinski definition) is 7. The third kappa shape index (κ3) is 2.51. The van der Waals surface area contributed by atoms with E-state index in [0.29, 0.717) is 39.3 Å². The summed E-state index contributed by atoms with van der Waals surface area (Å²) in [6.07, 6.45) is 8.44. The zero-order valence-electron chi connectivity index (χ0n) is 17.5. The van der Waals surface area contributed by atoms with Crippen LogP contribution in [0.3, 0.4) is 0 Å². The Morgan fingerprint density at radius 2 is 1.41 bits per heavy atom. The van der Waals surface area contributed by atoms with Crippen molar-refractivity contribution in [3.63, 3.8) is 0 Å². The number of methoxy groups -OCH3 is 1.